The number of aromatic nitrogens is 1. The molecule has 1 fully saturated rings. The highest BCUT2D eigenvalue weighted by atomic mass is 35.5. The second-order valence-electron chi connectivity index (χ2n) is 7.67. The van der Waals surface area contributed by atoms with E-state index in [4.69, 9.17) is 25.8 Å². The first kappa shape index (κ1) is 25.4. The van der Waals surface area contributed by atoms with Crippen LogP contribution in [0.4, 0.5) is 19.0 Å². The number of aliphatic hydroxyl groups excluding tert-OH is 1. The van der Waals surface area contributed by atoms with Gasteiger partial charge in [-0.15, -0.1) is 0 Å². The quantitative estimate of drug-likeness (QED) is 0.578. The lowest BCUT2D eigenvalue weighted by Crippen LogP contribution is -2.49. The average Bonchev–Trinajstić information content (AvgIpc) is 2.79. The van der Waals surface area contributed by atoms with Gasteiger partial charge < -0.3 is 24.2 Å². The van der Waals surface area contributed by atoms with E-state index in [2.05, 4.69) is 9.88 Å². The number of β-amino-alcohol motifs (C(OH)–C–C–N with tert-alkyl or cyclic N) is 1. The minimum absolute atomic E-state index is 0.0260. The molecule has 0 radical (unpaired) electrons. The first-order valence-corrected chi connectivity index (χ1v) is 10.8. The Morgan fingerprint density at radius 1 is 1.09 bits per heavy atom. The Kier molecular flexibility index (Phi) is 8.63. The molecule has 1 aromatic carbocycles. The third kappa shape index (κ3) is 6.86. The average molecular weight is 490 g/mol. The Labute approximate surface area is 195 Å². The van der Waals surface area contributed by atoms with Gasteiger partial charge in [0.15, 0.2) is 11.5 Å². The van der Waals surface area contributed by atoms with E-state index >= 15 is 0 Å². The molecule has 1 aromatic heterocycles. The lowest BCUT2D eigenvalue weighted by atomic mass is 10.2. The third-order valence-electron chi connectivity index (χ3n) is 5.32. The number of pyridine rings is 1. The van der Waals surface area contributed by atoms with Gasteiger partial charge in [-0.2, -0.15) is 13.2 Å². The highest BCUT2D eigenvalue weighted by Crippen LogP contribution is 2.33. The van der Waals surface area contributed by atoms with E-state index in [9.17, 15) is 18.3 Å². The van der Waals surface area contributed by atoms with E-state index in [0.29, 0.717) is 56.6 Å². The molecule has 0 spiro atoms. The van der Waals surface area contributed by atoms with Crippen LogP contribution in [0.3, 0.4) is 0 Å². The van der Waals surface area contributed by atoms with Crippen molar-refractivity contribution in [3.05, 3.63) is 46.6 Å². The standard InChI is InChI=1S/C22H27ClF3N3O4/c1-31-19-4-3-15(9-20(19)32-2)13-33-14-17(30)12-28-5-7-29(8-6-28)21-18(23)10-16(11-27-21)22(24,25)26/h3-4,9-11,17,30H,5-8,12-14H2,1-2H3/t17-/m0/s1. The molecule has 0 amide bonds. The lowest BCUT2D eigenvalue weighted by molar-refractivity contribution is -0.137. The normalized spacial score (nSPS) is 16.0. The molecule has 33 heavy (non-hydrogen) atoms. The highest BCUT2D eigenvalue weighted by molar-refractivity contribution is 6.33. The van der Waals surface area contributed by atoms with Crippen LogP contribution < -0.4 is 14.4 Å². The molecule has 0 aliphatic carbocycles. The largest absolute Gasteiger partial charge is 0.493 e. The van der Waals surface area contributed by atoms with Crippen molar-refractivity contribution in [2.24, 2.45) is 0 Å². The van der Waals surface area contributed by atoms with Crippen LogP contribution in [0, 0.1) is 0 Å². The molecule has 1 aliphatic heterocycles. The van der Waals surface area contributed by atoms with Gasteiger partial charge in [0.2, 0.25) is 0 Å². The van der Waals surface area contributed by atoms with Crippen LogP contribution >= 0.6 is 11.6 Å². The van der Waals surface area contributed by atoms with Crippen molar-refractivity contribution in [1.29, 1.82) is 0 Å². The number of hydrogen-bond donors (Lipinski definition) is 1. The Morgan fingerprint density at radius 2 is 1.79 bits per heavy atom. The number of benzene rings is 1. The van der Waals surface area contributed by atoms with Crippen molar-refractivity contribution in [3.8, 4) is 11.5 Å². The number of alkyl halides is 3. The van der Waals surface area contributed by atoms with Crippen molar-refractivity contribution < 1.29 is 32.5 Å². The second kappa shape index (κ2) is 11.2. The lowest BCUT2D eigenvalue weighted by Gasteiger charge is -2.36. The van der Waals surface area contributed by atoms with Gasteiger partial charge in [-0.25, -0.2) is 4.98 Å². The fourth-order valence-electron chi connectivity index (χ4n) is 3.59. The fourth-order valence-corrected chi connectivity index (χ4v) is 3.88. The highest BCUT2D eigenvalue weighted by Gasteiger charge is 2.32. The molecule has 1 N–H and O–H groups in total. The van der Waals surface area contributed by atoms with Crippen LogP contribution in [0.1, 0.15) is 11.1 Å². The molecular formula is C22H27ClF3N3O4. The van der Waals surface area contributed by atoms with Gasteiger partial charge in [0, 0.05) is 38.9 Å². The number of hydrogen-bond acceptors (Lipinski definition) is 7. The van der Waals surface area contributed by atoms with Gasteiger partial charge >= 0.3 is 6.18 Å². The van der Waals surface area contributed by atoms with Gasteiger partial charge in [0.1, 0.15) is 5.82 Å². The number of methoxy groups -OCH3 is 2. The monoisotopic (exact) mass is 489 g/mol. The number of aliphatic hydroxyl groups is 1. The molecule has 182 valence electrons. The second-order valence-corrected chi connectivity index (χ2v) is 8.08. The molecule has 1 atom stereocenters. The van der Waals surface area contributed by atoms with Crippen LogP contribution in [-0.4, -0.2) is 74.6 Å². The van der Waals surface area contributed by atoms with E-state index in [1.807, 2.05) is 17.0 Å². The number of piperazine rings is 1. The molecule has 2 aromatic rings. The van der Waals surface area contributed by atoms with E-state index in [1.54, 1.807) is 20.3 Å². The first-order chi connectivity index (χ1) is 15.7. The van der Waals surface area contributed by atoms with Crippen LogP contribution in [0.15, 0.2) is 30.5 Å². The van der Waals surface area contributed by atoms with Crippen molar-refractivity contribution in [2.45, 2.75) is 18.9 Å². The summed E-state index contributed by atoms with van der Waals surface area (Å²) in [5.74, 6) is 1.58. The van der Waals surface area contributed by atoms with E-state index in [1.165, 1.54) is 0 Å². The minimum Gasteiger partial charge on any atom is -0.493 e. The first-order valence-electron chi connectivity index (χ1n) is 10.4. The van der Waals surface area contributed by atoms with E-state index in [-0.39, 0.29) is 11.6 Å². The van der Waals surface area contributed by atoms with Crippen LogP contribution in [0.25, 0.3) is 0 Å². The van der Waals surface area contributed by atoms with Crippen molar-refractivity contribution in [2.75, 3.05) is 58.5 Å². The number of ether oxygens (including phenoxy) is 3. The molecule has 0 bridgehead atoms. The summed E-state index contributed by atoms with van der Waals surface area (Å²) in [4.78, 5) is 7.83. The Balaban J connectivity index is 1.43. The summed E-state index contributed by atoms with van der Waals surface area (Å²) in [5.41, 5.74) is 0.0282. The zero-order valence-electron chi connectivity index (χ0n) is 18.4. The van der Waals surface area contributed by atoms with Crippen LogP contribution in [0.5, 0.6) is 11.5 Å². The zero-order valence-corrected chi connectivity index (χ0v) is 19.2. The molecule has 11 heteroatoms. The SMILES string of the molecule is COc1ccc(COC[C@@H](O)CN2CCN(c3ncc(C(F)(F)F)cc3Cl)CC2)cc1OC. The van der Waals surface area contributed by atoms with Crippen LogP contribution in [-0.2, 0) is 17.5 Å². The minimum atomic E-state index is -4.48. The number of rotatable bonds is 9. The Bertz CT molecular complexity index is 924. The number of halogens is 4. The molecule has 0 saturated carbocycles. The summed E-state index contributed by atoms with van der Waals surface area (Å²) >= 11 is 6.04. The maximum Gasteiger partial charge on any atom is 0.417 e. The predicted octanol–water partition coefficient (Wildman–Crippen LogP) is 3.47. The Hall–Kier alpha value is -2.27. The molecule has 1 aliphatic rings. The van der Waals surface area contributed by atoms with Crippen molar-refractivity contribution >= 4 is 17.4 Å². The summed E-state index contributed by atoms with van der Waals surface area (Å²) in [5, 5.41) is 10.3. The molecule has 2 heterocycles. The van der Waals surface area contributed by atoms with Gasteiger partial charge in [-0.1, -0.05) is 17.7 Å². The number of nitrogens with zero attached hydrogens (tertiary/aromatic N) is 3. The zero-order chi connectivity index (χ0) is 24.0. The summed E-state index contributed by atoms with van der Waals surface area (Å²) in [6, 6.07) is 6.39. The summed E-state index contributed by atoms with van der Waals surface area (Å²) in [6.45, 7) is 3.23. The topological polar surface area (TPSA) is 67.3 Å². The maximum atomic E-state index is 12.8. The maximum absolute atomic E-state index is 12.8. The van der Waals surface area contributed by atoms with Crippen molar-refractivity contribution in [3.63, 3.8) is 0 Å². The van der Waals surface area contributed by atoms with Gasteiger partial charge in [-0.3, -0.25) is 4.90 Å². The molecule has 1 saturated heterocycles. The summed E-state index contributed by atoms with van der Waals surface area (Å²) < 4.78 is 54.5. The molecule has 3 rings (SSSR count). The number of anilines is 1. The Morgan fingerprint density at radius 3 is 2.39 bits per heavy atom. The third-order valence-corrected chi connectivity index (χ3v) is 5.59. The van der Waals surface area contributed by atoms with E-state index in [0.717, 1.165) is 17.8 Å². The van der Waals surface area contributed by atoms with Gasteiger partial charge in [0.05, 0.1) is 44.1 Å². The molecule has 0 unspecified atom stereocenters. The molecular weight excluding hydrogens is 463 g/mol. The summed E-state index contributed by atoms with van der Waals surface area (Å²) in [7, 11) is 3.13. The predicted molar refractivity (Wildman–Crippen MR) is 118 cm³/mol. The molecule has 7 nitrogen and oxygen atoms in total. The summed E-state index contributed by atoms with van der Waals surface area (Å²) in [6.07, 6.45) is -4.36. The fraction of sp³-hybridized carbons (Fsp3) is 0.500. The van der Waals surface area contributed by atoms with Gasteiger partial charge in [0.25, 0.3) is 0 Å². The van der Waals surface area contributed by atoms with Gasteiger partial charge in [-0.05, 0) is 23.8 Å². The van der Waals surface area contributed by atoms with Crippen LogP contribution in [0.2, 0.25) is 5.02 Å². The van der Waals surface area contributed by atoms with E-state index < -0.39 is 17.8 Å². The van der Waals surface area contributed by atoms with Crippen molar-refractivity contribution in [1.82, 2.24) is 9.88 Å². The smallest absolute Gasteiger partial charge is 0.417 e.